The van der Waals surface area contributed by atoms with Crippen molar-refractivity contribution < 1.29 is 0 Å². The van der Waals surface area contributed by atoms with E-state index < -0.39 is 0 Å². The van der Waals surface area contributed by atoms with Crippen molar-refractivity contribution in [3.05, 3.63) is 70.0 Å². The van der Waals surface area contributed by atoms with E-state index in [2.05, 4.69) is 29.0 Å². The smallest absolute Gasteiger partial charge is 0.262 e. The lowest BCUT2D eigenvalue weighted by Gasteiger charge is -2.16. The minimum absolute atomic E-state index is 0.0130. The van der Waals surface area contributed by atoms with E-state index in [1.165, 1.54) is 5.56 Å². The first kappa shape index (κ1) is 16.5. The first-order valence-electron chi connectivity index (χ1n) is 8.95. The molecule has 3 aromatic rings. The molecule has 4 rings (SSSR count). The molecule has 0 atom stereocenters. The fraction of sp³-hybridized carbons (Fsp3) is 0.286. The van der Waals surface area contributed by atoms with E-state index in [0.29, 0.717) is 6.42 Å². The van der Waals surface area contributed by atoms with Crippen LogP contribution in [0.3, 0.4) is 0 Å². The maximum Gasteiger partial charge on any atom is 0.262 e. The van der Waals surface area contributed by atoms with Crippen molar-refractivity contribution in [2.45, 2.75) is 26.2 Å². The molecule has 1 aliphatic carbocycles. The molecule has 5 nitrogen and oxygen atoms in total. The Hall–Kier alpha value is -2.95. The molecule has 0 saturated heterocycles. The minimum atomic E-state index is -0.0130. The number of anilines is 1. The number of benzene rings is 1. The van der Waals surface area contributed by atoms with Crippen LogP contribution in [0.1, 0.15) is 30.2 Å². The summed E-state index contributed by atoms with van der Waals surface area (Å²) in [6.07, 6.45) is 6.13. The Labute approximate surface area is 153 Å². The first-order valence-corrected chi connectivity index (χ1v) is 8.95. The second-order valence-electron chi connectivity index (χ2n) is 6.89. The van der Waals surface area contributed by atoms with E-state index in [9.17, 15) is 4.79 Å². The molecule has 5 heteroatoms. The predicted octanol–water partition coefficient (Wildman–Crippen LogP) is 3.22. The summed E-state index contributed by atoms with van der Waals surface area (Å²) in [5.74, 6) is 0. The van der Waals surface area contributed by atoms with Gasteiger partial charge in [0.05, 0.1) is 22.6 Å². The number of hydrogen-bond acceptors (Lipinski definition) is 4. The Balaban J connectivity index is 1.80. The average Bonchev–Trinajstić information content (AvgIpc) is 3.03. The van der Waals surface area contributed by atoms with Gasteiger partial charge < -0.3 is 4.90 Å². The highest BCUT2D eigenvalue weighted by Gasteiger charge is 2.28. The van der Waals surface area contributed by atoms with Crippen molar-refractivity contribution in [2.75, 3.05) is 19.0 Å². The van der Waals surface area contributed by atoms with E-state index in [0.717, 1.165) is 46.7 Å². The predicted molar refractivity (Wildman–Crippen MR) is 104 cm³/mol. The van der Waals surface area contributed by atoms with Crippen LogP contribution in [0.5, 0.6) is 0 Å². The van der Waals surface area contributed by atoms with Gasteiger partial charge in [-0.15, -0.1) is 0 Å². The van der Waals surface area contributed by atoms with Gasteiger partial charge >= 0.3 is 0 Å². The van der Waals surface area contributed by atoms with Gasteiger partial charge in [-0.05, 0) is 30.2 Å². The minimum Gasteiger partial charge on any atom is -0.377 e. The molecule has 0 radical (unpaired) electrons. The van der Waals surface area contributed by atoms with Gasteiger partial charge in [-0.2, -0.15) is 0 Å². The molecule has 0 fully saturated rings. The zero-order valence-corrected chi connectivity index (χ0v) is 15.4. The standard InChI is InChI=1S/C21H22N4O/c1-4-5-14-6-8-15(9-7-14)25-13-23-20-16(21(25)26)12-17-19(20)18(24(2)3)10-11-22-17/h6-11,13H,4-5,12H2,1-3H3. The second-order valence-corrected chi connectivity index (χ2v) is 6.89. The topological polar surface area (TPSA) is 51.0 Å². The molecule has 1 aliphatic rings. The number of aromatic nitrogens is 3. The summed E-state index contributed by atoms with van der Waals surface area (Å²) in [5, 5.41) is 0. The fourth-order valence-corrected chi connectivity index (χ4v) is 3.59. The van der Waals surface area contributed by atoms with Crippen molar-refractivity contribution in [3.8, 4) is 16.9 Å². The molecule has 0 N–H and O–H groups in total. The molecular weight excluding hydrogens is 324 g/mol. The second kappa shape index (κ2) is 6.41. The summed E-state index contributed by atoms with van der Waals surface area (Å²) in [4.78, 5) is 24.3. The van der Waals surface area contributed by atoms with Crippen molar-refractivity contribution in [1.29, 1.82) is 0 Å². The normalized spacial score (nSPS) is 12.0. The Morgan fingerprint density at radius 1 is 1.12 bits per heavy atom. The van der Waals surface area contributed by atoms with Crippen LogP contribution in [-0.4, -0.2) is 28.6 Å². The van der Waals surface area contributed by atoms with Crippen LogP contribution in [-0.2, 0) is 12.8 Å². The number of fused-ring (bicyclic) bond motifs is 3. The van der Waals surface area contributed by atoms with E-state index in [-0.39, 0.29) is 5.56 Å². The summed E-state index contributed by atoms with van der Waals surface area (Å²) in [6.45, 7) is 2.16. The van der Waals surface area contributed by atoms with E-state index in [1.807, 2.05) is 37.2 Å². The van der Waals surface area contributed by atoms with Crippen LogP contribution in [0.2, 0.25) is 0 Å². The van der Waals surface area contributed by atoms with Crippen molar-refractivity contribution in [2.24, 2.45) is 0 Å². The first-order chi connectivity index (χ1) is 12.6. The lowest BCUT2D eigenvalue weighted by molar-refractivity contribution is 0.900. The quantitative estimate of drug-likeness (QED) is 0.569. The average molecular weight is 346 g/mol. The SMILES string of the molecule is CCCc1ccc(-n2cnc3c(c2=O)Cc2nccc(N(C)C)c2-3)cc1. The van der Waals surface area contributed by atoms with Crippen LogP contribution in [0.4, 0.5) is 5.69 Å². The van der Waals surface area contributed by atoms with Gasteiger partial charge in [0.2, 0.25) is 0 Å². The monoisotopic (exact) mass is 346 g/mol. The van der Waals surface area contributed by atoms with Crippen LogP contribution in [0.25, 0.3) is 16.9 Å². The molecule has 2 aromatic heterocycles. The summed E-state index contributed by atoms with van der Waals surface area (Å²) in [6, 6.07) is 10.1. The summed E-state index contributed by atoms with van der Waals surface area (Å²) in [5.41, 5.74) is 6.56. The lowest BCUT2D eigenvalue weighted by Crippen LogP contribution is -2.22. The molecular formula is C21H22N4O. The Bertz CT molecular complexity index is 1020. The Morgan fingerprint density at radius 2 is 1.88 bits per heavy atom. The van der Waals surface area contributed by atoms with Crippen molar-refractivity contribution >= 4 is 5.69 Å². The van der Waals surface area contributed by atoms with Crippen LogP contribution < -0.4 is 10.5 Å². The largest absolute Gasteiger partial charge is 0.377 e. The Kier molecular flexibility index (Phi) is 4.07. The zero-order chi connectivity index (χ0) is 18.3. The third kappa shape index (κ3) is 2.60. The molecule has 132 valence electrons. The van der Waals surface area contributed by atoms with Gasteiger partial charge in [0.15, 0.2) is 0 Å². The number of pyridine rings is 1. The molecule has 0 unspecified atom stereocenters. The molecule has 26 heavy (non-hydrogen) atoms. The molecule has 0 bridgehead atoms. The fourth-order valence-electron chi connectivity index (χ4n) is 3.59. The number of aryl methyl sites for hydroxylation is 1. The van der Waals surface area contributed by atoms with E-state index in [1.54, 1.807) is 17.1 Å². The maximum atomic E-state index is 13.1. The van der Waals surface area contributed by atoms with Crippen LogP contribution >= 0.6 is 0 Å². The third-order valence-electron chi connectivity index (χ3n) is 4.89. The van der Waals surface area contributed by atoms with Crippen molar-refractivity contribution in [1.82, 2.24) is 14.5 Å². The van der Waals surface area contributed by atoms with E-state index in [4.69, 9.17) is 0 Å². The van der Waals surface area contributed by atoms with Gasteiger partial charge in [0.1, 0.15) is 6.33 Å². The van der Waals surface area contributed by atoms with Gasteiger partial charge in [-0.1, -0.05) is 25.5 Å². The lowest BCUT2D eigenvalue weighted by atomic mass is 10.1. The van der Waals surface area contributed by atoms with E-state index >= 15 is 0 Å². The number of rotatable bonds is 4. The summed E-state index contributed by atoms with van der Waals surface area (Å²) >= 11 is 0. The highest BCUT2D eigenvalue weighted by Crippen LogP contribution is 2.38. The highest BCUT2D eigenvalue weighted by molar-refractivity contribution is 5.83. The molecule has 2 heterocycles. The van der Waals surface area contributed by atoms with Gasteiger partial charge in [-0.25, -0.2) is 4.98 Å². The number of nitrogens with zero attached hydrogens (tertiary/aromatic N) is 4. The maximum absolute atomic E-state index is 13.1. The molecule has 1 aromatic carbocycles. The molecule has 0 amide bonds. The number of hydrogen-bond donors (Lipinski definition) is 0. The molecule has 0 saturated carbocycles. The van der Waals surface area contributed by atoms with Gasteiger partial charge in [0, 0.05) is 38.0 Å². The third-order valence-corrected chi connectivity index (χ3v) is 4.89. The zero-order valence-electron chi connectivity index (χ0n) is 15.4. The highest BCUT2D eigenvalue weighted by atomic mass is 16.1. The molecule has 0 spiro atoms. The van der Waals surface area contributed by atoms with Crippen LogP contribution in [0.15, 0.2) is 47.7 Å². The van der Waals surface area contributed by atoms with Crippen molar-refractivity contribution in [3.63, 3.8) is 0 Å². The van der Waals surface area contributed by atoms with Crippen LogP contribution in [0, 0.1) is 0 Å². The summed E-state index contributed by atoms with van der Waals surface area (Å²) in [7, 11) is 3.99. The van der Waals surface area contributed by atoms with Gasteiger partial charge in [-0.3, -0.25) is 14.3 Å². The summed E-state index contributed by atoms with van der Waals surface area (Å²) < 4.78 is 1.63. The van der Waals surface area contributed by atoms with Gasteiger partial charge in [0.25, 0.3) is 5.56 Å². The molecule has 0 aliphatic heterocycles. The Morgan fingerprint density at radius 3 is 2.58 bits per heavy atom.